The molecule has 0 radical (unpaired) electrons. The molecule has 0 saturated carbocycles. The lowest BCUT2D eigenvalue weighted by atomic mass is 10.2. The molecule has 2 aromatic rings. The molecule has 0 aliphatic heterocycles. The summed E-state index contributed by atoms with van der Waals surface area (Å²) in [5.74, 6) is -0.306. The highest BCUT2D eigenvalue weighted by Gasteiger charge is 2.12. The number of aromatic nitrogens is 2. The highest BCUT2D eigenvalue weighted by Crippen LogP contribution is 2.22. The SMILES string of the molecule is O=C(Nc1ncc[nH]1)c1ccc(Cl)cc1O. The molecule has 0 unspecified atom stereocenters. The Morgan fingerprint density at radius 2 is 2.31 bits per heavy atom. The van der Waals surface area contributed by atoms with Crippen LogP contribution in [-0.4, -0.2) is 21.0 Å². The van der Waals surface area contributed by atoms with Crippen molar-refractivity contribution >= 4 is 23.5 Å². The number of carbonyl (C=O) groups is 1. The average Bonchev–Trinajstić information content (AvgIpc) is 2.70. The molecule has 82 valence electrons. The minimum absolute atomic E-state index is 0.140. The molecule has 6 heteroatoms. The zero-order valence-corrected chi connectivity index (χ0v) is 8.82. The number of benzene rings is 1. The number of carbonyl (C=O) groups excluding carboxylic acids is 1. The lowest BCUT2D eigenvalue weighted by Gasteiger charge is -2.04. The van der Waals surface area contributed by atoms with Gasteiger partial charge < -0.3 is 10.1 Å². The number of hydrogen-bond acceptors (Lipinski definition) is 3. The first-order valence-corrected chi connectivity index (χ1v) is 4.84. The molecule has 5 nitrogen and oxygen atoms in total. The van der Waals surface area contributed by atoms with Crippen LogP contribution < -0.4 is 5.32 Å². The summed E-state index contributed by atoms with van der Waals surface area (Å²) in [5.41, 5.74) is 0.140. The summed E-state index contributed by atoms with van der Waals surface area (Å²) in [4.78, 5) is 18.2. The molecule has 3 N–H and O–H groups in total. The topological polar surface area (TPSA) is 78.0 Å². The fourth-order valence-corrected chi connectivity index (χ4v) is 1.37. The van der Waals surface area contributed by atoms with E-state index in [9.17, 15) is 9.90 Å². The highest BCUT2D eigenvalue weighted by atomic mass is 35.5. The molecule has 2 rings (SSSR count). The Balaban J connectivity index is 2.21. The number of hydrogen-bond donors (Lipinski definition) is 3. The van der Waals surface area contributed by atoms with Crippen LogP contribution in [-0.2, 0) is 0 Å². The summed E-state index contributed by atoms with van der Waals surface area (Å²) in [6.07, 6.45) is 3.09. The number of phenolic OH excluding ortho intramolecular Hbond substituents is 1. The monoisotopic (exact) mass is 237 g/mol. The number of H-pyrrole nitrogens is 1. The molecule has 0 aliphatic rings. The first-order chi connectivity index (χ1) is 7.66. The maximum absolute atomic E-state index is 11.7. The van der Waals surface area contributed by atoms with Gasteiger partial charge in [-0.1, -0.05) is 11.6 Å². The number of nitrogens with zero attached hydrogens (tertiary/aromatic N) is 1. The van der Waals surface area contributed by atoms with Crippen molar-refractivity contribution in [2.45, 2.75) is 0 Å². The molecule has 0 bridgehead atoms. The Morgan fingerprint density at radius 1 is 1.50 bits per heavy atom. The van der Waals surface area contributed by atoms with Gasteiger partial charge in [-0.25, -0.2) is 4.98 Å². The van der Waals surface area contributed by atoms with Gasteiger partial charge in [0.1, 0.15) is 5.75 Å². The van der Waals surface area contributed by atoms with Crippen molar-refractivity contribution in [1.82, 2.24) is 9.97 Å². The third-order valence-corrected chi connectivity index (χ3v) is 2.17. The van der Waals surface area contributed by atoms with Gasteiger partial charge in [0.25, 0.3) is 5.91 Å². The number of aromatic amines is 1. The van der Waals surface area contributed by atoms with Gasteiger partial charge in [-0.05, 0) is 18.2 Å². The van der Waals surface area contributed by atoms with Gasteiger partial charge in [0.2, 0.25) is 5.95 Å². The molecular weight excluding hydrogens is 230 g/mol. The number of imidazole rings is 1. The van der Waals surface area contributed by atoms with Gasteiger partial charge in [-0.15, -0.1) is 0 Å². The molecule has 0 fully saturated rings. The van der Waals surface area contributed by atoms with Crippen molar-refractivity contribution in [3.63, 3.8) is 0 Å². The Kier molecular flexibility index (Phi) is 2.78. The normalized spacial score (nSPS) is 10.1. The van der Waals surface area contributed by atoms with E-state index >= 15 is 0 Å². The van der Waals surface area contributed by atoms with E-state index in [1.54, 1.807) is 6.20 Å². The first kappa shape index (κ1) is 10.5. The van der Waals surface area contributed by atoms with Crippen molar-refractivity contribution in [1.29, 1.82) is 0 Å². The first-order valence-electron chi connectivity index (χ1n) is 4.46. The van der Waals surface area contributed by atoms with Crippen LogP contribution in [0.15, 0.2) is 30.6 Å². The molecule has 1 heterocycles. The van der Waals surface area contributed by atoms with Gasteiger partial charge in [0.15, 0.2) is 0 Å². The van der Waals surface area contributed by atoms with E-state index in [1.807, 2.05) is 0 Å². The van der Waals surface area contributed by atoms with Crippen LogP contribution in [0.4, 0.5) is 5.95 Å². The largest absolute Gasteiger partial charge is 0.507 e. The minimum atomic E-state index is -0.455. The van der Waals surface area contributed by atoms with Crippen LogP contribution in [0.2, 0.25) is 5.02 Å². The smallest absolute Gasteiger partial charge is 0.261 e. The quantitative estimate of drug-likeness (QED) is 0.748. The summed E-state index contributed by atoms with van der Waals surface area (Å²) in [5, 5.41) is 12.4. The minimum Gasteiger partial charge on any atom is -0.507 e. The number of anilines is 1. The zero-order valence-electron chi connectivity index (χ0n) is 8.07. The van der Waals surface area contributed by atoms with Crippen molar-refractivity contribution in [2.75, 3.05) is 5.32 Å². The summed E-state index contributed by atoms with van der Waals surface area (Å²) in [6, 6.07) is 4.27. The molecular formula is C10H8ClN3O2. The number of nitrogens with one attached hydrogen (secondary N) is 2. The van der Waals surface area contributed by atoms with Gasteiger partial charge in [-0.2, -0.15) is 0 Å². The van der Waals surface area contributed by atoms with E-state index in [4.69, 9.17) is 11.6 Å². The van der Waals surface area contributed by atoms with E-state index in [2.05, 4.69) is 15.3 Å². The Bertz CT molecular complexity index is 511. The fourth-order valence-electron chi connectivity index (χ4n) is 1.21. The van der Waals surface area contributed by atoms with Crippen molar-refractivity contribution < 1.29 is 9.90 Å². The highest BCUT2D eigenvalue weighted by molar-refractivity contribution is 6.30. The second kappa shape index (κ2) is 4.24. The molecule has 1 aromatic carbocycles. The zero-order chi connectivity index (χ0) is 11.5. The molecule has 0 aliphatic carbocycles. The second-order valence-electron chi connectivity index (χ2n) is 3.05. The van der Waals surface area contributed by atoms with Crippen LogP contribution >= 0.6 is 11.6 Å². The summed E-state index contributed by atoms with van der Waals surface area (Å²) in [6.45, 7) is 0. The molecule has 1 amide bonds. The standard InChI is InChI=1S/C10H8ClN3O2/c11-6-1-2-7(8(15)5-6)9(16)14-10-12-3-4-13-10/h1-5,15H,(H2,12,13,14,16). The summed E-state index contributed by atoms with van der Waals surface area (Å²) in [7, 11) is 0. The van der Waals surface area contributed by atoms with Gasteiger partial charge in [0.05, 0.1) is 5.56 Å². The number of halogens is 1. The summed E-state index contributed by atoms with van der Waals surface area (Å²) >= 11 is 5.65. The molecule has 16 heavy (non-hydrogen) atoms. The van der Waals surface area contributed by atoms with Crippen molar-refractivity contribution in [3.8, 4) is 5.75 Å². The van der Waals surface area contributed by atoms with Gasteiger partial charge >= 0.3 is 0 Å². The van der Waals surface area contributed by atoms with E-state index in [-0.39, 0.29) is 11.3 Å². The predicted molar refractivity (Wildman–Crippen MR) is 59.7 cm³/mol. The van der Waals surface area contributed by atoms with Crippen LogP contribution in [0.25, 0.3) is 0 Å². The maximum atomic E-state index is 11.7. The predicted octanol–water partition coefficient (Wildman–Crippen LogP) is 2.02. The maximum Gasteiger partial charge on any atom is 0.261 e. The Labute approximate surface area is 96.1 Å². The van der Waals surface area contributed by atoms with E-state index in [0.29, 0.717) is 11.0 Å². The number of phenols is 1. The summed E-state index contributed by atoms with van der Waals surface area (Å²) < 4.78 is 0. The lowest BCUT2D eigenvalue weighted by Crippen LogP contribution is -2.13. The van der Waals surface area contributed by atoms with E-state index < -0.39 is 5.91 Å². The Morgan fingerprint density at radius 3 is 2.94 bits per heavy atom. The Hall–Kier alpha value is -2.01. The fraction of sp³-hybridized carbons (Fsp3) is 0. The molecule has 0 saturated heterocycles. The van der Waals surface area contributed by atoms with Crippen LogP contribution in [0.5, 0.6) is 5.75 Å². The third-order valence-electron chi connectivity index (χ3n) is 1.93. The van der Waals surface area contributed by atoms with E-state index in [1.165, 1.54) is 24.4 Å². The van der Waals surface area contributed by atoms with Gasteiger partial charge in [-0.3, -0.25) is 10.1 Å². The number of aromatic hydroxyl groups is 1. The lowest BCUT2D eigenvalue weighted by molar-refractivity contribution is 0.102. The molecule has 1 aromatic heterocycles. The molecule has 0 spiro atoms. The van der Waals surface area contributed by atoms with Crippen LogP contribution in [0, 0.1) is 0 Å². The van der Waals surface area contributed by atoms with Crippen molar-refractivity contribution in [2.24, 2.45) is 0 Å². The van der Waals surface area contributed by atoms with Crippen LogP contribution in [0.1, 0.15) is 10.4 Å². The van der Waals surface area contributed by atoms with E-state index in [0.717, 1.165) is 0 Å². The average molecular weight is 238 g/mol. The van der Waals surface area contributed by atoms with Gasteiger partial charge in [0, 0.05) is 17.4 Å². The third kappa shape index (κ3) is 2.14. The second-order valence-corrected chi connectivity index (χ2v) is 3.49. The van der Waals surface area contributed by atoms with Crippen LogP contribution in [0.3, 0.4) is 0 Å². The van der Waals surface area contributed by atoms with Crippen molar-refractivity contribution in [3.05, 3.63) is 41.2 Å². The number of amides is 1. The molecule has 0 atom stereocenters. The number of rotatable bonds is 2.